The van der Waals surface area contributed by atoms with E-state index >= 15 is 0 Å². The first-order chi connectivity index (χ1) is 14.8. The maximum Gasteiger partial charge on any atom is 0.408 e. The van der Waals surface area contributed by atoms with Crippen molar-refractivity contribution < 1.29 is 38.5 Å². The highest BCUT2D eigenvalue weighted by molar-refractivity contribution is 5.94. The van der Waals surface area contributed by atoms with E-state index in [1.165, 1.54) is 0 Å². The van der Waals surface area contributed by atoms with E-state index < -0.39 is 65.0 Å². The van der Waals surface area contributed by atoms with E-state index in [2.05, 4.69) is 17.2 Å². The maximum absolute atomic E-state index is 13.2. The van der Waals surface area contributed by atoms with Crippen LogP contribution in [0.1, 0.15) is 48.0 Å². The summed E-state index contributed by atoms with van der Waals surface area (Å²) in [6.07, 6.45) is -0.919. The summed E-state index contributed by atoms with van der Waals surface area (Å²) < 4.78 is 15.3. The lowest BCUT2D eigenvalue weighted by Crippen LogP contribution is -2.62. The molecule has 2 aliphatic rings. The Bertz CT molecular complexity index is 774. The monoisotopic (exact) mass is 454 g/mol. The van der Waals surface area contributed by atoms with Crippen LogP contribution in [0.2, 0.25) is 0 Å². The van der Waals surface area contributed by atoms with Gasteiger partial charge < -0.3 is 30.0 Å². The van der Waals surface area contributed by atoms with Gasteiger partial charge in [-0.1, -0.05) is 20.4 Å². The van der Waals surface area contributed by atoms with Crippen molar-refractivity contribution >= 4 is 23.9 Å². The lowest BCUT2D eigenvalue weighted by molar-refractivity contribution is -0.156. The molecule has 0 radical (unpaired) electrons. The van der Waals surface area contributed by atoms with Gasteiger partial charge in [-0.3, -0.25) is 9.59 Å². The second-order valence-corrected chi connectivity index (χ2v) is 9.55. The van der Waals surface area contributed by atoms with Crippen molar-refractivity contribution in [3.63, 3.8) is 0 Å². The number of hydrogen-bond acceptors (Lipinski definition) is 8. The quantitative estimate of drug-likeness (QED) is 0.283. The highest BCUT2D eigenvalue weighted by atomic mass is 16.6. The molecule has 2 fully saturated rings. The third-order valence-corrected chi connectivity index (χ3v) is 5.70. The van der Waals surface area contributed by atoms with Crippen molar-refractivity contribution in [1.29, 1.82) is 0 Å². The largest absolute Gasteiger partial charge is 0.464 e. The predicted molar refractivity (Wildman–Crippen MR) is 113 cm³/mol. The molecule has 3 N–H and O–H groups in total. The SMILES string of the molecule is C=COC(=O)[C@H]1[C@H]2[C@@H]1C(NC(=O)[C@@H](NC(=O)OC(C)(C)C)C(C)C)(C(=O)OCC)C[C@@H]2O. The Balaban J connectivity index is 2.29. The van der Waals surface area contributed by atoms with Crippen LogP contribution in [-0.4, -0.2) is 58.9 Å². The molecule has 10 nitrogen and oxygen atoms in total. The van der Waals surface area contributed by atoms with Gasteiger partial charge in [0.05, 0.1) is 24.9 Å². The van der Waals surface area contributed by atoms with Crippen molar-refractivity contribution in [2.24, 2.45) is 23.7 Å². The predicted octanol–water partition coefficient (Wildman–Crippen LogP) is 1.27. The Kier molecular flexibility index (Phi) is 7.59. The van der Waals surface area contributed by atoms with Gasteiger partial charge in [0.2, 0.25) is 5.91 Å². The van der Waals surface area contributed by atoms with Gasteiger partial charge in [-0.2, -0.15) is 0 Å². The van der Waals surface area contributed by atoms with Gasteiger partial charge in [-0.15, -0.1) is 0 Å². The van der Waals surface area contributed by atoms with Crippen LogP contribution >= 0.6 is 0 Å². The van der Waals surface area contributed by atoms with Crippen LogP contribution in [0.3, 0.4) is 0 Å². The van der Waals surface area contributed by atoms with Crippen LogP contribution < -0.4 is 10.6 Å². The van der Waals surface area contributed by atoms with Gasteiger partial charge in [0.1, 0.15) is 17.2 Å². The van der Waals surface area contributed by atoms with E-state index in [9.17, 15) is 24.3 Å². The molecule has 0 aromatic rings. The Morgan fingerprint density at radius 1 is 1.25 bits per heavy atom. The van der Waals surface area contributed by atoms with Crippen molar-refractivity contribution in [1.82, 2.24) is 10.6 Å². The van der Waals surface area contributed by atoms with Gasteiger partial charge in [-0.05, 0) is 33.6 Å². The second kappa shape index (κ2) is 9.48. The van der Waals surface area contributed by atoms with E-state index in [1.54, 1.807) is 41.5 Å². The number of nitrogens with one attached hydrogen (secondary N) is 2. The number of carbonyl (C=O) groups is 4. The fourth-order valence-corrected chi connectivity index (χ4v) is 4.45. The first-order valence-corrected chi connectivity index (χ1v) is 10.8. The molecule has 10 heteroatoms. The third-order valence-electron chi connectivity index (χ3n) is 5.70. The molecule has 0 aliphatic heterocycles. The Labute approximate surface area is 188 Å². The number of hydrogen-bond donors (Lipinski definition) is 3. The smallest absolute Gasteiger partial charge is 0.408 e. The van der Waals surface area contributed by atoms with Crippen LogP contribution in [0, 0.1) is 23.7 Å². The number of esters is 2. The molecule has 2 aliphatic carbocycles. The summed E-state index contributed by atoms with van der Waals surface area (Å²) in [5.74, 6) is -4.39. The number of alkyl carbamates (subject to hydrolysis) is 1. The number of amides is 2. The van der Waals surface area contributed by atoms with Gasteiger partial charge in [0.25, 0.3) is 0 Å². The highest BCUT2D eigenvalue weighted by Gasteiger charge is 2.76. The molecular formula is C22H34N2O8. The van der Waals surface area contributed by atoms with Gasteiger partial charge in [-0.25, -0.2) is 9.59 Å². The minimum atomic E-state index is -1.62. The Morgan fingerprint density at radius 3 is 2.38 bits per heavy atom. The summed E-state index contributed by atoms with van der Waals surface area (Å²) in [5.41, 5.74) is -2.38. The average Bonchev–Trinajstić information content (AvgIpc) is 3.34. The molecule has 0 aromatic heterocycles. The summed E-state index contributed by atoms with van der Waals surface area (Å²) in [7, 11) is 0. The molecule has 0 heterocycles. The summed E-state index contributed by atoms with van der Waals surface area (Å²) in [6.45, 7) is 13.6. The van der Waals surface area contributed by atoms with Crippen molar-refractivity contribution in [3.05, 3.63) is 12.8 Å². The number of fused-ring (bicyclic) bond motifs is 1. The molecule has 0 saturated heterocycles. The minimum absolute atomic E-state index is 0.0511. The third kappa shape index (κ3) is 5.23. The summed E-state index contributed by atoms with van der Waals surface area (Å²) in [4.78, 5) is 50.8. The molecule has 2 saturated carbocycles. The summed E-state index contributed by atoms with van der Waals surface area (Å²) in [6, 6.07) is -1.02. The number of rotatable bonds is 8. The lowest BCUT2D eigenvalue weighted by atomic mass is 9.88. The zero-order chi connectivity index (χ0) is 24.4. The molecule has 32 heavy (non-hydrogen) atoms. The molecule has 0 aromatic carbocycles. The van der Waals surface area contributed by atoms with E-state index in [4.69, 9.17) is 14.2 Å². The zero-order valence-corrected chi connectivity index (χ0v) is 19.5. The van der Waals surface area contributed by atoms with Gasteiger partial charge in [0.15, 0.2) is 0 Å². The molecule has 2 amide bonds. The van der Waals surface area contributed by atoms with Crippen molar-refractivity contribution in [2.45, 2.75) is 71.2 Å². The molecule has 6 atom stereocenters. The standard InChI is InChI=1S/C22H34N2O8/c1-8-30-18(27)14-13-12(25)10-22(15(13)14,19(28)31-9-2)24-17(26)16(11(3)4)23-20(29)32-21(5,6)7/h8,11-16,25H,1,9-10H2,2-7H3,(H,23,29)(H,24,26)/t12-,13-,14-,15-,16-,22?/m0/s1. The summed E-state index contributed by atoms with van der Waals surface area (Å²) in [5, 5.41) is 15.8. The Hall–Kier alpha value is -2.62. The van der Waals surface area contributed by atoms with Crippen molar-refractivity contribution in [2.75, 3.05) is 6.61 Å². The minimum Gasteiger partial charge on any atom is -0.464 e. The van der Waals surface area contributed by atoms with E-state index in [0.717, 1.165) is 6.26 Å². The lowest BCUT2D eigenvalue weighted by Gasteiger charge is -2.34. The number of carbonyl (C=O) groups excluding carboxylic acids is 4. The molecule has 0 bridgehead atoms. The molecule has 2 rings (SSSR count). The van der Waals surface area contributed by atoms with Crippen LogP contribution in [0.15, 0.2) is 12.8 Å². The number of aliphatic hydroxyl groups excluding tert-OH is 1. The molecule has 0 spiro atoms. The fraction of sp³-hybridized carbons (Fsp3) is 0.727. The Morgan fingerprint density at radius 2 is 1.88 bits per heavy atom. The number of aliphatic hydroxyl groups is 1. The maximum atomic E-state index is 13.2. The normalized spacial score (nSPS) is 29.4. The first kappa shape index (κ1) is 25.6. The van der Waals surface area contributed by atoms with E-state index in [1.807, 2.05) is 0 Å². The molecule has 180 valence electrons. The van der Waals surface area contributed by atoms with Gasteiger partial charge >= 0.3 is 18.0 Å². The van der Waals surface area contributed by atoms with Crippen LogP contribution in [0.5, 0.6) is 0 Å². The zero-order valence-electron chi connectivity index (χ0n) is 19.5. The molecule has 1 unspecified atom stereocenters. The highest BCUT2D eigenvalue weighted by Crippen LogP contribution is 2.63. The topological polar surface area (TPSA) is 140 Å². The number of ether oxygens (including phenoxy) is 3. The second-order valence-electron chi connectivity index (χ2n) is 9.55. The summed E-state index contributed by atoms with van der Waals surface area (Å²) >= 11 is 0. The van der Waals surface area contributed by atoms with Gasteiger partial charge in [0, 0.05) is 18.3 Å². The van der Waals surface area contributed by atoms with Crippen molar-refractivity contribution in [3.8, 4) is 0 Å². The van der Waals surface area contributed by atoms with Crippen LogP contribution in [0.4, 0.5) is 4.79 Å². The van der Waals surface area contributed by atoms with Crippen LogP contribution in [-0.2, 0) is 28.6 Å². The molecular weight excluding hydrogens is 420 g/mol. The first-order valence-electron chi connectivity index (χ1n) is 10.8. The average molecular weight is 455 g/mol. The fourth-order valence-electron chi connectivity index (χ4n) is 4.45. The van der Waals surface area contributed by atoms with E-state index in [0.29, 0.717) is 0 Å². The van der Waals surface area contributed by atoms with Crippen LogP contribution in [0.25, 0.3) is 0 Å². The van der Waals surface area contributed by atoms with E-state index in [-0.39, 0.29) is 18.9 Å².